The number of fused-ring (bicyclic) bond motifs is 16. The molecule has 37 heteroatoms. The molecule has 6 amide bonds. The van der Waals surface area contributed by atoms with E-state index in [1.807, 2.05) is 0 Å². The standard InChI is InChI=1S/C83H88Cl2N8O27/c1-34(2)10-8-6-4-5-7-9-11-58(100)88-67-71(104)69(102)56(32-94)117-82(67)119-74-54-26-39-27-55(74)115-51-21-16-38(24-46(51)84)68(101)66-80-93-65(81(112)120-80)44-28-40(96)29-53(116-83-73(106)72(105)70(103)57(33-95)118-83)59(44)43-23-36(14-19-48(43)97)62(77(109)92-66)89-78(110)63(39)90-79(111)64-45-30-42(31-50(99)60(45)85)114-52-25-37(15-20-49(52)98)61(86-3)76(108)87-47(75(107)91-64)22-35-12-17-41(113-54)18-13-35/h12-21,23-31,34,47,56-57,61-64,66-73,80,82-83,86,94-99,101-106H,4-11,22,32-33H2,1-3H3,(H,87,108)(H,88,100)(H,89,110)(H,90,111)(H,91,107)(H,92,109)/t47?,56-,57-,61?,62?,63?,64?,66?,67-,68?,69-,70-,71-,72+,73+,80?,82+,83+/m1/s1. The maximum atomic E-state index is 16.7. The molecule has 0 saturated carbocycles. The first-order valence-electron chi connectivity index (χ1n) is 38.8. The highest BCUT2D eigenvalue weighted by Crippen LogP contribution is 2.50. The Kier molecular flexibility index (Phi) is 25.6. The van der Waals surface area contributed by atoms with Crippen LogP contribution in [0.4, 0.5) is 0 Å². The number of phenolic OH excluding ortho intramolecular Hbond substituents is 4. The first kappa shape index (κ1) is 85.3. The molecule has 35 nitrogen and oxygen atoms in total. The van der Waals surface area contributed by atoms with Gasteiger partial charge in [0, 0.05) is 47.2 Å². The molecule has 7 aromatic rings. The number of aliphatic hydroxyl groups excluding tert-OH is 8. The van der Waals surface area contributed by atoms with E-state index < -0.39 is 249 Å². The zero-order valence-corrected chi connectivity index (χ0v) is 65.9. The number of esters is 1. The van der Waals surface area contributed by atoms with Crippen molar-refractivity contribution in [3.05, 3.63) is 164 Å². The van der Waals surface area contributed by atoms with Crippen LogP contribution < -0.4 is 60.9 Å². The van der Waals surface area contributed by atoms with Crippen molar-refractivity contribution >= 4 is 70.3 Å². The molecule has 0 spiro atoms. The summed E-state index contributed by atoms with van der Waals surface area (Å²) in [5, 5.41) is 155. The molecule has 0 radical (unpaired) electrons. The summed E-state index contributed by atoms with van der Waals surface area (Å²) >= 11 is 14.3. The lowest BCUT2D eigenvalue weighted by Crippen LogP contribution is -2.65. The number of phenols is 4. The monoisotopic (exact) mass is 1700 g/mol. The number of aliphatic imine (C=N–C) groups is 1. The van der Waals surface area contributed by atoms with Crippen molar-refractivity contribution in [2.45, 2.75) is 182 Å². The fraction of sp³-hybridized carbons (Fsp3) is 0.398. The van der Waals surface area contributed by atoms with Crippen LogP contribution in [0.5, 0.6) is 69.0 Å². The van der Waals surface area contributed by atoms with Crippen LogP contribution in [0.3, 0.4) is 0 Å². The van der Waals surface area contributed by atoms with Crippen molar-refractivity contribution in [3.63, 3.8) is 0 Å². The summed E-state index contributed by atoms with van der Waals surface area (Å²) in [7, 11) is 1.45. The molecule has 16 rings (SSSR count). The summed E-state index contributed by atoms with van der Waals surface area (Å²) in [5.74, 6) is -13.1. The van der Waals surface area contributed by atoms with Crippen LogP contribution in [0.15, 0.2) is 120 Å². The van der Waals surface area contributed by atoms with Crippen LogP contribution in [-0.2, 0) is 54.2 Å². The molecule has 0 aromatic heterocycles. The van der Waals surface area contributed by atoms with Crippen LogP contribution >= 0.6 is 23.2 Å². The van der Waals surface area contributed by atoms with Gasteiger partial charge in [-0.25, -0.2) is 9.79 Å². The van der Waals surface area contributed by atoms with Gasteiger partial charge in [-0.05, 0) is 120 Å². The molecule has 9 aliphatic heterocycles. The smallest absolute Gasteiger partial charge is 0.359 e. The number of unbranched alkanes of at least 4 members (excludes halogenated alkanes) is 5. The minimum Gasteiger partial charge on any atom is -0.508 e. The van der Waals surface area contributed by atoms with Gasteiger partial charge in [-0.2, -0.15) is 0 Å². The van der Waals surface area contributed by atoms with E-state index in [2.05, 4.69) is 56.1 Å². The quantitative estimate of drug-likeness (QED) is 0.0440. The highest BCUT2D eigenvalue weighted by Gasteiger charge is 2.50. The topological polar surface area (TPSA) is 533 Å². The zero-order chi connectivity index (χ0) is 85.4. The number of hydrogen-bond donors (Lipinski definition) is 19. The van der Waals surface area contributed by atoms with E-state index in [1.54, 1.807) is 0 Å². The number of amides is 6. The number of halogens is 2. The number of nitrogens with zero attached hydrogens (tertiary/aromatic N) is 1. The minimum absolute atomic E-state index is 0.0619. The van der Waals surface area contributed by atoms with E-state index in [0.717, 1.165) is 86.7 Å². The Bertz CT molecular complexity index is 5140. The van der Waals surface area contributed by atoms with Gasteiger partial charge < -0.3 is 136 Å². The van der Waals surface area contributed by atoms with Gasteiger partial charge in [-0.1, -0.05) is 106 Å². The average Bonchev–Trinajstić information content (AvgIpc) is 1.46. The Balaban J connectivity index is 0.976. The molecule has 19 bridgehead atoms. The summed E-state index contributed by atoms with van der Waals surface area (Å²) < 4.78 is 50.6. The number of rotatable bonds is 17. The lowest BCUT2D eigenvalue weighted by atomic mass is 9.91. The third kappa shape index (κ3) is 17.9. The second-order valence-electron chi connectivity index (χ2n) is 30.6. The zero-order valence-electron chi connectivity index (χ0n) is 64.4. The lowest BCUT2D eigenvalue weighted by Gasteiger charge is -2.42. The molecule has 7 aromatic carbocycles. The van der Waals surface area contributed by atoms with E-state index in [9.17, 15) is 75.7 Å². The maximum absolute atomic E-state index is 16.7. The Morgan fingerprint density at radius 1 is 0.558 bits per heavy atom. The second kappa shape index (κ2) is 36.0. The SMILES string of the molecule is CNC1C(=O)NC2Cc3ccc(cc3)Oc3cc4cc(c3O[C@@H]3O[C@H](CO)[C@@H](O)[C@H](O)[C@H]3NC(=O)CCCCCCCCC(C)C)Oc3ccc(cc3Cl)C(O)C3NC(=O)C(NC(=O)C4NC(=O)C(NC2=O)c2cc(cc(O)c2Cl)Oc2cc1ccc2O)c1ccc(O)c(c1)-c1c(O[C@H]2O[C@H](CO)[C@@H](O)[C@H](O)[C@@H]2O)cc(O)cc1C1=NC3OC1=O. The number of carbonyl (C=O) groups excluding carboxylic acids is 7. The van der Waals surface area contributed by atoms with E-state index >= 15 is 19.2 Å². The fourth-order valence-corrected chi connectivity index (χ4v) is 15.8. The van der Waals surface area contributed by atoms with Crippen LogP contribution in [0.1, 0.15) is 134 Å². The number of aliphatic hydroxyl groups is 8. The molecule has 19 N–H and O–H groups in total. The molecule has 0 aliphatic carbocycles. The third-order valence-electron chi connectivity index (χ3n) is 21.8. The summed E-state index contributed by atoms with van der Waals surface area (Å²) in [6.07, 6.45) is -15.5. The van der Waals surface area contributed by atoms with E-state index in [4.69, 9.17) is 61.1 Å². The maximum Gasteiger partial charge on any atom is 0.359 e. The number of ether oxygens (including phenoxy) is 8. The van der Waals surface area contributed by atoms with Gasteiger partial charge in [0.2, 0.25) is 60.0 Å². The van der Waals surface area contributed by atoms with Crippen molar-refractivity contribution < 1.29 is 133 Å². The number of hydrogen-bond acceptors (Lipinski definition) is 29. The van der Waals surface area contributed by atoms with Gasteiger partial charge in [-0.3, -0.25) is 28.8 Å². The van der Waals surface area contributed by atoms with Crippen LogP contribution in [0.25, 0.3) is 11.1 Å². The van der Waals surface area contributed by atoms with Crippen molar-refractivity contribution in [1.29, 1.82) is 0 Å². The van der Waals surface area contributed by atoms with E-state index in [0.29, 0.717) is 24.3 Å². The van der Waals surface area contributed by atoms with Crippen molar-refractivity contribution in [1.82, 2.24) is 37.2 Å². The lowest BCUT2D eigenvalue weighted by molar-refractivity contribution is -0.277. The Hall–Kier alpha value is -11.2. The van der Waals surface area contributed by atoms with E-state index in [1.165, 1.54) is 67.7 Å². The van der Waals surface area contributed by atoms with Crippen LogP contribution in [0, 0.1) is 5.92 Å². The van der Waals surface area contributed by atoms with E-state index in [-0.39, 0.29) is 57.6 Å². The average molecular weight is 1700 g/mol. The summed E-state index contributed by atoms with van der Waals surface area (Å²) in [6, 6.07) is 9.70. The molecule has 636 valence electrons. The van der Waals surface area contributed by atoms with Gasteiger partial charge in [0.05, 0.1) is 23.3 Å². The van der Waals surface area contributed by atoms with Gasteiger partial charge in [0.25, 0.3) is 0 Å². The third-order valence-corrected chi connectivity index (χ3v) is 22.5. The Morgan fingerprint density at radius 3 is 1.89 bits per heavy atom. The van der Waals surface area contributed by atoms with Gasteiger partial charge in [0.1, 0.15) is 131 Å². The van der Waals surface area contributed by atoms with Crippen molar-refractivity contribution in [2.24, 2.45) is 10.9 Å². The summed E-state index contributed by atoms with van der Waals surface area (Å²) in [5.41, 5.74) is -2.69. The molecular formula is C83H88Cl2N8O27. The largest absolute Gasteiger partial charge is 0.508 e. The van der Waals surface area contributed by atoms with Crippen molar-refractivity contribution in [2.75, 3.05) is 20.3 Å². The highest BCUT2D eigenvalue weighted by molar-refractivity contribution is 6.46. The fourth-order valence-electron chi connectivity index (χ4n) is 15.4. The van der Waals surface area contributed by atoms with Gasteiger partial charge >= 0.3 is 5.97 Å². The Labute approximate surface area is 694 Å². The molecule has 120 heavy (non-hydrogen) atoms. The second-order valence-corrected chi connectivity index (χ2v) is 31.3. The normalized spacial score (nSPS) is 27.1. The van der Waals surface area contributed by atoms with Crippen molar-refractivity contribution in [3.8, 4) is 80.1 Å². The molecule has 2 fully saturated rings. The van der Waals surface area contributed by atoms with Crippen LogP contribution in [-0.4, -0.2) is 208 Å². The molecular weight excluding hydrogens is 1610 g/mol. The molecule has 9 aliphatic rings. The first-order valence-corrected chi connectivity index (χ1v) is 39.6. The number of nitrogens with one attached hydrogen (secondary N) is 7. The Morgan fingerprint density at radius 2 is 1.18 bits per heavy atom. The molecule has 9 heterocycles. The molecule has 8 unspecified atom stereocenters. The highest BCUT2D eigenvalue weighted by atomic mass is 35.5. The van der Waals surface area contributed by atoms with Gasteiger partial charge in [-0.15, -0.1) is 0 Å². The van der Waals surface area contributed by atoms with Gasteiger partial charge in [0.15, 0.2) is 28.7 Å². The summed E-state index contributed by atoms with van der Waals surface area (Å²) in [4.78, 5) is 113. The number of benzene rings is 7. The molecule has 18 atom stereocenters. The summed E-state index contributed by atoms with van der Waals surface area (Å²) in [6.45, 7) is 2.45. The predicted octanol–water partition coefficient (Wildman–Crippen LogP) is 4.52. The number of carbonyl (C=O) groups is 7. The molecule has 2 saturated heterocycles. The van der Waals surface area contributed by atoms with Crippen LogP contribution in [0.2, 0.25) is 10.0 Å². The predicted molar refractivity (Wildman–Crippen MR) is 421 cm³/mol. The minimum atomic E-state index is -2.35. The first-order chi connectivity index (χ1) is 57.4. The number of aromatic hydroxyl groups is 4. The number of likely N-dealkylation sites (N-methyl/N-ethyl adjacent to an activating group) is 1.